The summed E-state index contributed by atoms with van der Waals surface area (Å²) in [5, 5.41) is 6.71. The Kier molecular flexibility index (Phi) is 4.69. The average molecular weight is 339 g/mol. The minimum absolute atomic E-state index is 0.247. The van der Waals surface area contributed by atoms with E-state index in [4.69, 9.17) is 0 Å². The minimum Gasteiger partial charge on any atom is -0.465 e. The first-order chi connectivity index (χ1) is 10.8. The lowest BCUT2D eigenvalue weighted by molar-refractivity contribution is -0.133. The zero-order chi connectivity index (χ0) is 17.2. The molecule has 0 radical (unpaired) electrons. The van der Waals surface area contributed by atoms with Crippen LogP contribution in [0.3, 0.4) is 0 Å². The number of methoxy groups -OCH3 is 1. The van der Waals surface area contributed by atoms with Crippen molar-refractivity contribution >= 4 is 40.8 Å². The van der Waals surface area contributed by atoms with E-state index in [1.807, 2.05) is 0 Å². The van der Waals surface area contributed by atoms with Gasteiger partial charge in [0, 0.05) is 0 Å². The second kappa shape index (κ2) is 6.37. The number of anilines is 1. The number of urea groups is 1. The molecule has 0 aliphatic carbocycles. The van der Waals surface area contributed by atoms with Gasteiger partial charge in [0.25, 0.3) is 5.91 Å². The third kappa shape index (κ3) is 3.19. The first-order valence-corrected chi connectivity index (χ1v) is 7.80. The van der Waals surface area contributed by atoms with Crippen LogP contribution in [0.4, 0.5) is 10.5 Å². The number of thiophene rings is 1. The van der Waals surface area contributed by atoms with Crippen molar-refractivity contribution in [2.45, 2.75) is 25.8 Å². The van der Waals surface area contributed by atoms with Crippen molar-refractivity contribution in [1.82, 2.24) is 10.2 Å². The standard InChI is InChI=1S/C14H17N3O5S/c1-4-14(2)12(20)17(13(21)16-14)7-9(18)15-8-5-6-23-10(8)11(19)22-3/h5-6H,4,7H2,1-3H3,(H,15,18)(H,16,21)/t14-/m1/s1. The van der Waals surface area contributed by atoms with Crippen molar-refractivity contribution in [3.63, 3.8) is 0 Å². The summed E-state index contributed by atoms with van der Waals surface area (Å²) < 4.78 is 4.62. The third-order valence-corrected chi connectivity index (χ3v) is 4.56. The molecule has 124 valence electrons. The van der Waals surface area contributed by atoms with Crippen LogP contribution in [0.5, 0.6) is 0 Å². The quantitative estimate of drug-likeness (QED) is 0.619. The molecule has 1 atom stereocenters. The van der Waals surface area contributed by atoms with Gasteiger partial charge in [-0.1, -0.05) is 6.92 Å². The summed E-state index contributed by atoms with van der Waals surface area (Å²) in [6.45, 7) is 2.96. The molecular weight excluding hydrogens is 322 g/mol. The number of carbonyl (C=O) groups excluding carboxylic acids is 4. The summed E-state index contributed by atoms with van der Waals surface area (Å²) in [5.41, 5.74) is -0.700. The maximum Gasteiger partial charge on any atom is 0.350 e. The number of hydrogen-bond acceptors (Lipinski definition) is 6. The van der Waals surface area contributed by atoms with Crippen LogP contribution in [0.2, 0.25) is 0 Å². The van der Waals surface area contributed by atoms with E-state index in [0.717, 1.165) is 16.2 Å². The van der Waals surface area contributed by atoms with E-state index in [1.54, 1.807) is 25.3 Å². The normalized spacial score (nSPS) is 20.4. The second-order valence-electron chi connectivity index (χ2n) is 5.21. The van der Waals surface area contributed by atoms with Crippen LogP contribution in [0, 0.1) is 0 Å². The molecule has 0 bridgehead atoms. The first-order valence-electron chi connectivity index (χ1n) is 6.92. The van der Waals surface area contributed by atoms with E-state index in [0.29, 0.717) is 6.42 Å². The smallest absolute Gasteiger partial charge is 0.350 e. The average Bonchev–Trinajstić information content (AvgIpc) is 3.05. The van der Waals surface area contributed by atoms with Gasteiger partial charge in [-0.15, -0.1) is 11.3 Å². The summed E-state index contributed by atoms with van der Waals surface area (Å²) in [4.78, 5) is 48.8. The molecule has 1 aliphatic heterocycles. The lowest BCUT2D eigenvalue weighted by Crippen LogP contribution is -2.44. The molecule has 1 aromatic rings. The minimum atomic E-state index is -0.989. The van der Waals surface area contributed by atoms with Gasteiger partial charge in [0.1, 0.15) is 17.0 Å². The molecule has 23 heavy (non-hydrogen) atoms. The van der Waals surface area contributed by atoms with E-state index in [1.165, 1.54) is 7.11 Å². The maximum absolute atomic E-state index is 12.2. The lowest BCUT2D eigenvalue weighted by Gasteiger charge is -2.19. The Bertz CT molecular complexity index is 671. The number of ether oxygens (including phenoxy) is 1. The Balaban J connectivity index is 2.06. The molecule has 4 amide bonds. The zero-order valence-corrected chi connectivity index (χ0v) is 13.8. The van der Waals surface area contributed by atoms with Crippen LogP contribution in [0.25, 0.3) is 0 Å². The Hall–Kier alpha value is -2.42. The highest BCUT2D eigenvalue weighted by molar-refractivity contribution is 7.12. The summed E-state index contributed by atoms with van der Waals surface area (Å²) >= 11 is 1.12. The molecule has 2 rings (SSSR count). The first kappa shape index (κ1) is 16.9. The highest BCUT2D eigenvalue weighted by Crippen LogP contribution is 2.24. The van der Waals surface area contributed by atoms with Gasteiger partial charge in [-0.25, -0.2) is 9.59 Å². The van der Waals surface area contributed by atoms with E-state index in [-0.39, 0.29) is 10.6 Å². The van der Waals surface area contributed by atoms with Crippen LogP contribution in [-0.4, -0.2) is 47.9 Å². The number of hydrogen-bond donors (Lipinski definition) is 2. The van der Waals surface area contributed by atoms with Gasteiger partial charge in [0.05, 0.1) is 12.8 Å². The topological polar surface area (TPSA) is 105 Å². The van der Waals surface area contributed by atoms with Gasteiger partial charge < -0.3 is 15.4 Å². The predicted molar refractivity (Wildman–Crippen MR) is 83.2 cm³/mol. The fourth-order valence-electron chi connectivity index (χ4n) is 2.12. The number of amides is 4. The van der Waals surface area contributed by atoms with Gasteiger partial charge in [-0.05, 0) is 24.8 Å². The monoisotopic (exact) mass is 339 g/mol. The van der Waals surface area contributed by atoms with Crippen LogP contribution < -0.4 is 10.6 Å². The molecule has 0 saturated carbocycles. The van der Waals surface area contributed by atoms with Crippen molar-refractivity contribution in [2.75, 3.05) is 19.0 Å². The summed E-state index contributed by atoms with van der Waals surface area (Å²) in [6, 6.07) is 0.949. The molecule has 2 N–H and O–H groups in total. The van der Waals surface area contributed by atoms with Crippen molar-refractivity contribution in [3.8, 4) is 0 Å². The fraction of sp³-hybridized carbons (Fsp3) is 0.429. The van der Waals surface area contributed by atoms with Gasteiger partial charge in [-0.3, -0.25) is 14.5 Å². The van der Waals surface area contributed by atoms with E-state index < -0.39 is 35.9 Å². The highest BCUT2D eigenvalue weighted by Gasteiger charge is 2.47. The van der Waals surface area contributed by atoms with E-state index in [9.17, 15) is 19.2 Å². The molecule has 1 aliphatic rings. The number of carbonyl (C=O) groups is 4. The lowest BCUT2D eigenvalue weighted by atomic mass is 9.99. The van der Waals surface area contributed by atoms with Gasteiger partial charge >= 0.3 is 12.0 Å². The van der Waals surface area contributed by atoms with Crippen molar-refractivity contribution in [3.05, 3.63) is 16.3 Å². The van der Waals surface area contributed by atoms with Crippen molar-refractivity contribution < 1.29 is 23.9 Å². The highest BCUT2D eigenvalue weighted by atomic mass is 32.1. The van der Waals surface area contributed by atoms with Crippen molar-refractivity contribution in [1.29, 1.82) is 0 Å². The molecule has 1 aromatic heterocycles. The van der Waals surface area contributed by atoms with Crippen LogP contribution in [-0.2, 0) is 14.3 Å². The number of nitrogens with zero attached hydrogens (tertiary/aromatic N) is 1. The summed E-state index contributed by atoms with van der Waals surface area (Å²) in [7, 11) is 1.24. The summed E-state index contributed by atoms with van der Waals surface area (Å²) in [5.74, 6) is -1.58. The number of imide groups is 1. The van der Waals surface area contributed by atoms with Gasteiger partial charge in [0.15, 0.2) is 0 Å². The Morgan fingerprint density at radius 3 is 2.70 bits per heavy atom. The maximum atomic E-state index is 12.2. The zero-order valence-electron chi connectivity index (χ0n) is 13.0. The van der Waals surface area contributed by atoms with E-state index >= 15 is 0 Å². The van der Waals surface area contributed by atoms with Crippen LogP contribution in [0.15, 0.2) is 11.4 Å². The SMILES string of the molecule is CC[C@@]1(C)NC(=O)N(CC(=O)Nc2ccsc2C(=O)OC)C1=O. The van der Waals surface area contributed by atoms with Gasteiger partial charge in [-0.2, -0.15) is 0 Å². The predicted octanol–water partition coefficient (Wildman–Crippen LogP) is 1.19. The second-order valence-corrected chi connectivity index (χ2v) is 6.13. The Morgan fingerprint density at radius 1 is 1.43 bits per heavy atom. The Morgan fingerprint density at radius 2 is 2.13 bits per heavy atom. The van der Waals surface area contributed by atoms with Crippen LogP contribution >= 0.6 is 11.3 Å². The fourth-order valence-corrected chi connectivity index (χ4v) is 2.89. The summed E-state index contributed by atoms with van der Waals surface area (Å²) in [6.07, 6.45) is 0.423. The molecule has 0 unspecified atom stereocenters. The molecule has 9 heteroatoms. The number of nitrogens with one attached hydrogen (secondary N) is 2. The molecular formula is C14H17N3O5S. The largest absolute Gasteiger partial charge is 0.465 e. The molecule has 2 heterocycles. The number of rotatable bonds is 5. The molecule has 1 fully saturated rings. The molecule has 8 nitrogen and oxygen atoms in total. The van der Waals surface area contributed by atoms with Gasteiger partial charge in [0.2, 0.25) is 5.91 Å². The Labute approximate surface area is 136 Å². The molecule has 0 aromatic carbocycles. The van der Waals surface area contributed by atoms with Crippen molar-refractivity contribution in [2.24, 2.45) is 0 Å². The van der Waals surface area contributed by atoms with E-state index in [2.05, 4.69) is 15.4 Å². The van der Waals surface area contributed by atoms with Crippen LogP contribution in [0.1, 0.15) is 29.9 Å². The molecule has 1 saturated heterocycles. The molecule has 0 spiro atoms. The third-order valence-electron chi connectivity index (χ3n) is 3.66. The number of esters is 1.